The van der Waals surface area contributed by atoms with Crippen LogP contribution in [0.2, 0.25) is 0 Å². The summed E-state index contributed by atoms with van der Waals surface area (Å²) in [4.78, 5) is 9.37. The van der Waals surface area contributed by atoms with Gasteiger partial charge in [0.05, 0.1) is 27.2 Å². The van der Waals surface area contributed by atoms with Crippen molar-refractivity contribution < 1.29 is 8.42 Å². The molecular formula is C29H21N3O2S. The Hall–Kier alpha value is -4.16. The molecule has 6 heteroatoms. The zero-order valence-corrected chi connectivity index (χ0v) is 19.5. The molecule has 2 N–H and O–H groups in total. The predicted molar refractivity (Wildman–Crippen MR) is 137 cm³/mol. The van der Waals surface area contributed by atoms with E-state index in [1.165, 1.54) is 0 Å². The maximum Gasteiger partial charge on any atom is 0.207 e. The van der Waals surface area contributed by atoms with Gasteiger partial charge in [-0.25, -0.2) is 13.4 Å². The lowest BCUT2D eigenvalue weighted by molar-refractivity contribution is 0.598. The van der Waals surface area contributed by atoms with Gasteiger partial charge in [0.1, 0.15) is 5.82 Å². The third-order valence-electron chi connectivity index (χ3n) is 6.97. The van der Waals surface area contributed by atoms with E-state index in [1.54, 1.807) is 18.2 Å². The predicted octanol–water partition coefficient (Wildman–Crippen LogP) is 5.61. The standard InChI is InChI=1S/C29H21N3O2S/c33-35(34)25-13-7-5-11-21(25)22-16-19(14-15-26(22)35)28-27(18-8-2-1-3-9-18)31-29(32-28)23-17-30-24-12-6-4-10-20(23)24/h1-17,20,24,30H,(H,31,32). The molecule has 1 aromatic heterocycles. The van der Waals surface area contributed by atoms with Crippen molar-refractivity contribution in [3.05, 3.63) is 109 Å². The van der Waals surface area contributed by atoms with Gasteiger partial charge in [-0.1, -0.05) is 78.9 Å². The molecule has 2 atom stereocenters. The first-order chi connectivity index (χ1) is 17.1. The first-order valence-electron chi connectivity index (χ1n) is 11.6. The molecule has 4 aromatic rings. The number of aromatic nitrogens is 2. The molecule has 2 unspecified atom stereocenters. The summed E-state index contributed by atoms with van der Waals surface area (Å²) in [6, 6.07) is 23.1. The van der Waals surface area contributed by atoms with Crippen LogP contribution in [0.5, 0.6) is 0 Å². The maximum atomic E-state index is 13.1. The molecule has 3 heterocycles. The fourth-order valence-corrected chi connectivity index (χ4v) is 6.94. The number of nitrogens with one attached hydrogen (secondary N) is 2. The largest absolute Gasteiger partial charge is 0.383 e. The van der Waals surface area contributed by atoms with E-state index in [0.29, 0.717) is 9.79 Å². The lowest BCUT2D eigenvalue weighted by Crippen LogP contribution is -2.25. The van der Waals surface area contributed by atoms with Crippen molar-refractivity contribution in [3.63, 3.8) is 0 Å². The van der Waals surface area contributed by atoms with Crippen molar-refractivity contribution in [1.29, 1.82) is 0 Å². The second kappa shape index (κ2) is 7.42. The Bertz CT molecular complexity index is 1690. The number of allylic oxidation sites excluding steroid dienone is 2. The Balaban J connectivity index is 1.41. The van der Waals surface area contributed by atoms with Crippen LogP contribution in [0.15, 0.2) is 113 Å². The first-order valence-corrected chi connectivity index (χ1v) is 13.1. The molecule has 170 valence electrons. The number of aromatic amines is 1. The van der Waals surface area contributed by atoms with Gasteiger partial charge in [-0.3, -0.25) is 0 Å². The van der Waals surface area contributed by atoms with E-state index < -0.39 is 9.84 Å². The molecule has 3 aliphatic rings. The fourth-order valence-electron chi connectivity index (χ4n) is 5.27. The van der Waals surface area contributed by atoms with Crippen LogP contribution < -0.4 is 5.32 Å². The van der Waals surface area contributed by atoms with Crippen LogP contribution in [0.25, 0.3) is 39.2 Å². The number of fused-ring (bicyclic) bond motifs is 4. The second-order valence-corrected chi connectivity index (χ2v) is 10.9. The highest BCUT2D eigenvalue weighted by atomic mass is 32.2. The second-order valence-electron chi connectivity index (χ2n) is 8.97. The van der Waals surface area contributed by atoms with Gasteiger partial charge in [-0.05, 0) is 18.2 Å². The lowest BCUT2D eigenvalue weighted by Gasteiger charge is -2.17. The average Bonchev–Trinajstić information content (AvgIpc) is 3.58. The Morgan fingerprint density at radius 3 is 2.43 bits per heavy atom. The van der Waals surface area contributed by atoms with Gasteiger partial charge >= 0.3 is 0 Å². The molecule has 7 rings (SSSR count). The van der Waals surface area contributed by atoms with Gasteiger partial charge in [0.15, 0.2) is 0 Å². The zero-order valence-electron chi connectivity index (χ0n) is 18.6. The van der Waals surface area contributed by atoms with Gasteiger partial charge in [0, 0.05) is 39.9 Å². The number of hydrogen-bond acceptors (Lipinski definition) is 4. The minimum absolute atomic E-state index is 0.208. The van der Waals surface area contributed by atoms with Crippen molar-refractivity contribution in [2.24, 2.45) is 5.92 Å². The van der Waals surface area contributed by atoms with E-state index in [1.807, 2.05) is 48.7 Å². The molecule has 0 bridgehead atoms. The molecular weight excluding hydrogens is 454 g/mol. The SMILES string of the molecule is O=S1(=O)c2ccccc2-c2cc(-c3nc(C4=CNC5C=CC=CC45)[nH]c3-c3ccccc3)ccc21. The summed E-state index contributed by atoms with van der Waals surface area (Å²) >= 11 is 0. The molecule has 0 amide bonds. The van der Waals surface area contributed by atoms with E-state index >= 15 is 0 Å². The van der Waals surface area contributed by atoms with E-state index in [9.17, 15) is 8.42 Å². The lowest BCUT2D eigenvalue weighted by atomic mass is 9.91. The van der Waals surface area contributed by atoms with E-state index in [0.717, 1.165) is 45.0 Å². The summed E-state index contributed by atoms with van der Waals surface area (Å²) in [5.74, 6) is 1.02. The molecule has 3 aromatic carbocycles. The minimum Gasteiger partial charge on any atom is -0.383 e. The average molecular weight is 476 g/mol. The quantitative estimate of drug-likeness (QED) is 0.356. The van der Waals surface area contributed by atoms with E-state index in [2.05, 4.69) is 46.7 Å². The molecule has 0 saturated carbocycles. The summed E-state index contributed by atoms with van der Waals surface area (Å²) in [5, 5.41) is 3.44. The number of rotatable bonds is 3. The van der Waals surface area contributed by atoms with Crippen molar-refractivity contribution in [3.8, 4) is 33.6 Å². The number of H-pyrrole nitrogens is 1. The fraction of sp³-hybridized carbons (Fsp3) is 0.0690. The number of benzene rings is 3. The summed E-state index contributed by atoms with van der Waals surface area (Å²) < 4.78 is 26.2. The van der Waals surface area contributed by atoms with Gasteiger partial charge in [-0.15, -0.1) is 0 Å². The molecule has 0 saturated heterocycles. The van der Waals surface area contributed by atoms with Gasteiger partial charge in [-0.2, -0.15) is 0 Å². The van der Waals surface area contributed by atoms with Crippen LogP contribution >= 0.6 is 0 Å². The summed E-state index contributed by atoms with van der Waals surface area (Å²) in [5.41, 5.74) is 6.18. The summed E-state index contributed by atoms with van der Waals surface area (Å²) in [6.45, 7) is 0. The number of imidazole rings is 1. The van der Waals surface area contributed by atoms with Crippen molar-refractivity contribution in [2.45, 2.75) is 15.8 Å². The van der Waals surface area contributed by atoms with Gasteiger partial charge < -0.3 is 10.3 Å². The Labute approximate surface area is 203 Å². The summed E-state index contributed by atoms with van der Waals surface area (Å²) in [7, 11) is -3.51. The summed E-state index contributed by atoms with van der Waals surface area (Å²) in [6.07, 6.45) is 10.5. The Morgan fingerprint density at radius 2 is 1.54 bits per heavy atom. The van der Waals surface area contributed by atoms with Crippen LogP contribution in [0.4, 0.5) is 0 Å². The third kappa shape index (κ3) is 3.00. The normalized spacial score (nSPS) is 20.6. The monoisotopic (exact) mass is 475 g/mol. The highest BCUT2D eigenvalue weighted by Gasteiger charge is 2.34. The van der Waals surface area contributed by atoms with E-state index in [-0.39, 0.29) is 12.0 Å². The minimum atomic E-state index is -3.51. The van der Waals surface area contributed by atoms with Crippen molar-refractivity contribution in [1.82, 2.24) is 15.3 Å². The Kier molecular flexibility index (Phi) is 4.29. The molecule has 0 radical (unpaired) electrons. The highest BCUT2D eigenvalue weighted by molar-refractivity contribution is 7.92. The van der Waals surface area contributed by atoms with Crippen molar-refractivity contribution in [2.75, 3.05) is 0 Å². The third-order valence-corrected chi connectivity index (χ3v) is 8.84. The smallest absolute Gasteiger partial charge is 0.207 e. The topological polar surface area (TPSA) is 74.8 Å². The molecule has 35 heavy (non-hydrogen) atoms. The Morgan fingerprint density at radius 1 is 0.771 bits per heavy atom. The molecule has 1 aliphatic carbocycles. The van der Waals surface area contributed by atoms with Gasteiger partial charge in [0.2, 0.25) is 9.84 Å². The molecule has 5 nitrogen and oxygen atoms in total. The van der Waals surface area contributed by atoms with Crippen molar-refractivity contribution >= 4 is 15.4 Å². The van der Waals surface area contributed by atoms with Crippen LogP contribution in [0.3, 0.4) is 0 Å². The van der Waals surface area contributed by atoms with Gasteiger partial charge in [0.25, 0.3) is 0 Å². The molecule has 2 aliphatic heterocycles. The van der Waals surface area contributed by atoms with Crippen LogP contribution in [0.1, 0.15) is 5.82 Å². The number of nitrogens with zero attached hydrogens (tertiary/aromatic N) is 1. The zero-order chi connectivity index (χ0) is 23.6. The first kappa shape index (κ1) is 20.2. The molecule has 0 fully saturated rings. The van der Waals surface area contributed by atoms with Crippen LogP contribution in [0, 0.1) is 5.92 Å². The highest BCUT2D eigenvalue weighted by Crippen LogP contribution is 2.45. The maximum absolute atomic E-state index is 13.1. The van der Waals surface area contributed by atoms with E-state index in [4.69, 9.17) is 4.98 Å². The van der Waals surface area contributed by atoms with Crippen LogP contribution in [-0.4, -0.2) is 24.4 Å². The van der Waals surface area contributed by atoms with Crippen LogP contribution in [-0.2, 0) is 9.84 Å². The number of sulfone groups is 1. The molecule has 0 spiro atoms. The number of hydrogen-bond donors (Lipinski definition) is 2.